The minimum Gasteiger partial charge on any atom is -0.480 e. The molecular weight excluding hydrogens is 436 g/mol. The highest BCUT2D eigenvalue weighted by molar-refractivity contribution is 5.86. The second-order valence-electron chi connectivity index (χ2n) is 8.73. The van der Waals surface area contributed by atoms with Gasteiger partial charge in [-0.1, -0.05) is 61.9 Å². The van der Waals surface area contributed by atoms with E-state index in [4.69, 9.17) is 9.47 Å². The highest BCUT2D eigenvalue weighted by Crippen LogP contribution is 2.44. The number of alkyl carbamates (subject to hydrolysis) is 1. The zero-order chi connectivity index (χ0) is 24.1. The molecule has 2 aliphatic rings. The first-order valence-electron chi connectivity index (χ1n) is 11.7. The molecule has 0 unspecified atom stereocenters. The smallest absolute Gasteiger partial charge is 0.407 e. The van der Waals surface area contributed by atoms with Crippen molar-refractivity contribution in [3.05, 3.63) is 59.7 Å². The van der Waals surface area contributed by atoms with Gasteiger partial charge < -0.3 is 25.2 Å². The second kappa shape index (κ2) is 10.7. The van der Waals surface area contributed by atoms with Gasteiger partial charge in [0.15, 0.2) is 0 Å². The maximum atomic E-state index is 12.6. The molecule has 2 amide bonds. The predicted molar refractivity (Wildman–Crippen MR) is 125 cm³/mol. The zero-order valence-corrected chi connectivity index (χ0v) is 19.2. The number of rotatable bonds is 9. The van der Waals surface area contributed by atoms with E-state index in [0.717, 1.165) is 22.3 Å². The summed E-state index contributed by atoms with van der Waals surface area (Å²) in [5.74, 6) is -1.81. The van der Waals surface area contributed by atoms with Crippen molar-refractivity contribution < 1.29 is 29.0 Å². The number of carboxylic acids is 1. The van der Waals surface area contributed by atoms with E-state index in [1.54, 1.807) is 0 Å². The Morgan fingerprint density at radius 3 is 2.35 bits per heavy atom. The fourth-order valence-electron chi connectivity index (χ4n) is 4.80. The van der Waals surface area contributed by atoms with Crippen molar-refractivity contribution in [1.82, 2.24) is 10.6 Å². The van der Waals surface area contributed by atoms with Crippen molar-refractivity contribution >= 4 is 18.0 Å². The van der Waals surface area contributed by atoms with E-state index in [2.05, 4.69) is 34.9 Å². The van der Waals surface area contributed by atoms with Gasteiger partial charge in [-0.2, -0.15) is 0 Å². The number of fused-ring (bicyclic) bond motifs is 3. The van der Waals surface area contributed by atoms with Crippen molar-refractivity contribution in [2.45, 2.75) is 44.2 Å². The van der Waals surface area contributed by atoms with Crippen LogP contribution in [0.3, 0.4) is 0 Å². The van der Waals surface area contributed by atoms with Gasteiger partial charge in [0.05, 0.1) is 0 Å². The summed E-state index contributed by atoms with van der Waals surface area (Å²) in [4.78, 5) is 36.4. The van der Waals surface area contributed by atoms with E-state index < -0.39 is 30.1 Å². The number of ether oxygens (including phenoxy) is 2. The Balaban J connectivity index is 1.30. The van der Waals surface area contributed by atoms with E-state index >= 15 is 0 Å². The SMILES string of the molecule is CCC[C@@H](NC(=O)[C@@H]1OCC[C@@H]1CNC(=O)OCC1c2ccccc2-c2ccccc21)C(=O)O. The molecular formula is C26H30N2O6. The molecule has 1 aliphatic carbocycles. The number of benzene rings is 2. The van der Waals surface area contributed by atoms with Gasteiger partial charge in [0.1, 0.15) is 18.8 Å². The number of hydrogen-bond donors (Lipinski definition) is 3. The number of amides is 2. The Hall–Kier alpha value is -3.39. The van der Waals surface area contributed by atoms with Crippen LogP contribution in [-0.2, 0) is 19.1 Å². The molecule has 180 valence electrons. The molecule has 1 saturated heterocycles. The third kappa shape index (κ3) is 5.07. The van der Waals surface area contributed by atoms with Crippen LogP contribution in [-0.4, -0.2) is 55.0 Å². The monoisotopic (exact) mass is 466 g/mol. The van der Waals surface area contributed by atoms with Crippen molar-refractivity contribution in [3.8, 4) is 11.1 Å². The molecule has 1 heterocycles. The average Bonchev–Trinajstić information content (AvgIpc) is 3.44. The van der Waals surface area contributed by atoms with Gasteiger partial charge >= 0.3 is 12.1 Å². The maximum absolute atomic E-state index is 12.6. The molecule has 34 heavy (non-hydrogen) atoms. The lowest BCUT2D eigenvalue weighted by molar-refractivity contribution is -0.144. The van der Waals surface area contributed by atoms with Gasteiger partial charge in [0, 0.05) is 25.0 Å². The van der Waals surface area contributed by atoms with Crippen LogP contribution < -0.4 is 10.6 Å². The Labute approximate surface area is 198 Å². The number of carboxylic acid groups (broad SMARTS) is 1. The lowest BCUT2D eigenvalue weighted by Crippen LogP contribution is -2.48. The van der Waals surface area contributed by atoms with Crippen molar-refractivity contribution in [2.24, 2.45) is 5.92 Å². The van der Waals surface area contributed by atoms with Crippen LogP contribution >= 0.6 is 0 Å². The summed E-state index contributed by atoms with van der Waals surface area (Å²) in [7, 11) is 0. The molecule has 4 rings (SSSR count). The first kappa shape index (κ1) is 23.8. The Kier molecular flexibility index (Phi) is 7.47. The Morgan fingerprint density at radius 1 is 1.09 bits per heavy atom. The summed E-state index contributed by atoms with van der Waals surface area (Å²) in [6.07, 6.45) is 0.217. The van der Waals surface area contributed by atoms with Gasteiger partial charge in [-0.25, -0.2) is 9.59 Å². The zero-order valence-electron chi connectivity index (χ0n) is 19.2. The average molecular weight is 467 g/mol. The summed E-state index contributed by atoms with van der Waals surface area (Å²) < 4.78 is 11.1. The molecule has 3 atom stereocenters. The number of carbonyl (C=O) groups excluding carboxylic acids is 2. The summed E-state index contributed by atoms with van der Waals surface area (Å²) in [6.45, 7) is 2.65. The molecule has 3 N–H and O–H groups in total. The Morgan fingerprint density at radius 2 is 1.74 bits per heavy atom. The molecule has 0 saturated carbocycles. The normalized spacial score (nSPS) is 19.7. The number of hydrogen-bond acceptors (Lipinski definition) is 5. The minimum atomic E-state index is -1.07. The molecule has 2 aromatic rings. The van der Waals surface area contributed by atoms with Crippen LogP contribution in [0.4, 0.5) is 4.79 Å². The highest BCUT2D eigenvalue weighted by Gasteiger charge is 2.36. The van der Waals surface area contributed by atoms with Crippen LogP contribution in [0.25, 0.3) is 11.1 Å². The van der Waals surface area contributed by atoms with Gasteiger partial charge in [-0.05, 0) is 35.1 Å². The molecule has 8 heteroatoms. The molecule has 1 fully saturated rings. The van der Waals surface area contributed by atoms with Crippen molar-refractivity contribution in [2.75, 3.05) is 19.8 Å². The van der Waals surface area contributed by atoms with E-state index in [-0.39, 0.29) is 25.0 Å². The van der Waals surface area contributed by atoms with Crippen LogP contribution in [0.5, 0.6) is 0 Å². The molecule has 0 spiro atoms. The standard InChI is InChI=1S/C26H30N2O6/c1-2-7-22(25(30)31)28-24(29)23-16(12-13-33-23)14-27-26(32)34-15-21-19-10-5-3-8-17(19)18-9-4-6-11-20(18)21/h3-6,8-11,16,21-23H,2,7,12-15H2,1H3,(H,27,32)(H,28,29)(H,30,31)/t16-,22-,23-/m1/s1. The lowest BCUT2D eigenvalue weighted by atomic mass is 9.98. The van der Waals surface area contributed by atoms with Crippen molar-refractivity contribution in [1.29, 1.82) is 0 Å². The topological polar surface area (TPSA) is 114 Å². The van der Waals surface area contributed by atoms with Crippen LogP contribution in [0.2, 0.25) is 0 Å². The quantitative estimate of drug-likeness (QED) is 0.523. The van der Waals surface area contributed by atoms with E-state index in [1.165, 1.54) is 0 Å². The maximum Gasteiger partial charge on any atom is 0.407 e. The number of carbonyl (C=O) groups is 3. The van der Waals surface area contributed by atoms with Crippen molar-refractivity contribution in [3.63, 3.8) is 0 Å². The van der Waals surface area contributed by atoms with Gasteiger partial charge in [0.2, 0.25) is 5.91 Å². The fraction of sp³-hybridized carbons (Fsp3) is 0.423. The van der Waals surface area contributed by atoms with Crippen LogP contribution in [0.1, 0.15) is 43.2 Å². The third-order valence-electron chi connectivity index (χ3n) is 6.52. The second-order valence-corrected chi connectivity index (χ2v) is 8.73. The van der Waals surface area contributed by atoms with E-state index in [1.807, 2.05) is 31.2 Å². The van der Waals surface area contributed by atoms with Crippen LogP contribution in [0, 0.1) is 5.92 Å². The highest BCUT2D eigenvalue weighted by atomic mass is 16.5. The van der Waals surface area contributed by atoms with Gasteiger partial charge in [-0.3, -0.25) is 4.79 Å². The number of nitrogens with one attached hydrogen (secondary N) is 2. The number of aliphatic carboxylic acids is 1. The van der Waals surface area contributed by atoms with E-state index in [0.29, 0.717) is 25.9 Å². The van der Waals surface area contributed by atoms with E-state index in [9.17, 15) is 19.5 Å². The molecule has 0 radical (unpaired) electrons. The minimum absolute atomic E-state index is 0.0296. The summed E-state index contributed by atoms with van der Waals surface area (Å²) >= 11 is 0. The third-order valence-corrected chi connectivity index (χ3v) is 6.52. The van der Waals surface area contributed by atoms with Crippen LogP contribution in [0.15, 0.2) is 48.5 Å². The molecule has 8 nitrogen and oxygen atoms in total. The predicted octanol–water partition coefficient (Wildman–Crippen LogP) is 3.30. The molecule has 1 aliphatic heterocycles. The Bertz CT molecular complexity index is 1010. The summed E-state index contributed by atoms with van der Waals surface area (Å²) in [5.41, 5.74) is 4.59. The molecule has 2 aromatic carbocycles. The molecule has 0 bridgehead atoms. The fourth-order valence-corrected chi connectivity index (χ4v) is 4.80. The van der Waals surface area contributed by atoms with Gasteiger partial charge in [-0.15, -0.1) is 0 Å². The first-order valence-corrected chi connectivity index (χ1v) is 11.7. The molecule has 0 aromatic heterocycles. The van der Waals surface area contributed by atoms with Gasteiger partial charge in [0.25, 0.3) is 0 Å². The summed E-state index contributed by atoms with van der Waals surface area (Å²) in [5, 5.41) is 14.6. The lowest BCUT2D eigenvalue weighted by Gasteiger charge is -2.21. The largest absolute Gasteiger partial charge is 0.480 e. The summed E-state index contributed by atoms with van der Waals surface area (Å²) in [6, 6.07) is 15.3. The first-order chi connectivity index (χ1) is 16.5.